The first-order valence-corrected chi connectivity index (χ1v) is 8.31. The summed E-state index contributed by atoms with van der Waals surface area (Å²) in [5.41, 5.74) is 0. The highest BCUT2D eigenvalue weighted by atomic mass is 32.2. The maximum atomic E-state index is 12.0. The Morgan fingerprint density at radius 2 is 2.11 bits per heavy atom. The molecule has 1 unspecified atom stereocenters. The Labute approximate surface area is 116 Å². The first kappa shape index (κ1) is 16.8. The number of hydrogen-bond acceptors (Lipinski definition) is 4. The summed E-state index contributed by atoms with van der Waals surface area (Å²) in [4.78, 5) is 0. The van der Waals surface area contributed by atoms with Gasteiger partial charge in [-0.3, -0.25) is 0 Å². The van der Waals surface area contributed by atoms with Gasteiger partial charge in [0.25, 0.3) is 10.2 Å². The average molecular weight is 294 g/mol. The van der Waals surface area contributed by atoms with Crippen LogP contribution in [0.4, 0.5) is 0 Å². The van der Waals surface area contributed by atoms with Gasteiger partial charge in [0, 0.05) is 33.4 Å². The molecular weight excluding hydrogens is 268 g/mol. The number of hydrogen-bond donors (Lipinski definition) is 1. The maximum Gasteiger partial charge on any atom is 0.279 e. The molecule has 0 amide bonds. The summed E-state index contributed by atoms with van der Waals surface area (Å²) in [7, 11) is -1.69. The van der Waals surface area contributed by atoms with Crippen molar-refractivity contribution in [3.8, 4) is 0 Å². The molecule has 1 N–H and O–H groups in total. The zero-order valence-corrected chi connectivity index (χ0v) is 12.7. The predicted molar refractivity (Wildman–Crippen MR) is 74.2 cm³/mol. The Kier molecular flexibility index (Phi) is 7.86. The fourth-order valence-corrected chi connectivity index (χ4v) is 3.48. The molecule has 19 heavy (non-hydrogen) atoms. The lowest BCUT2D eigenvalue weighted by molar-refractivity contribution is 0.0699. The zero-order valence-electron chi connectivity index (χ0n) is 11.9. The SMILES string of the molecule is COCCOCCCNS(=O)(=O)N1CCCC(C)C1. The van der Waals surface area contributed by atoms with E-state index in [-0.39, 0.29) is 0 Å². The number of nitrogens with zero attached hydrogens (tertiary/aromatic N) is 1. The molecular formula is C12H26N2O4S. The van der Waals surface area contributed by atoms with Gasteiger partial charge in [0.15, 0.2) is 0 Å². The van der Waals surface area contributed by atoms with E-state index in [0.717, 1.165) is 12.8 Å². The van der Waals surface area contributed by atoms with E-state index in [9.17, 15) is 8.42 Å². The number of piperidine rings is 1. The van der Waals surface area contributed by atoms with Crippen LogP contribution in [0.3, 0.4) is 0 Å². The number of nitrogens with one attached hydrogen (secondary N) is 1. The van der Waals surface area contributed by atoms with Crippen molar-refractivity contribution in [3.63, 3.8) is 0 Å². The van der Waals surface area contributed by atoms with Crippen LogP contribution in [0.25, 0.3) is 0 Å². The third-order valence-electron chi connectivity index (χ3n) is 3.14. The molecule has 0 spiro atoms. The highest BCUT2D eigenvalue weighted by Crippen LogP contribution is 2.17. The molecule has 1 heterocycles. The normalized spacial score (nSPS) is 21.7. The van der Waals surface area contributed by atoms with Crippen LogP contribution in [0.1, 0.15) is 26.2 Å². The molecule has 0 aromatic heterocycles. The van der Waals surface area contributed by atoms with Crippen molar-refractivity contribution in [1.29, 1.82) is 0 Å². The van der Waals surface area contributed by atoms with E-state index in [4.69, 9.17) is 9.47 Å². The largest absolute Gasteiger partial charge is 0.382 e. The van der Waals surface area contributed by atoms with Crippen molar-refractivity contribution < 1.29 is 17.9 Å². The Bertz CT molecular complexity index is 335. The number of rotatable bonds is 9. The molecule has 114 valence electrons. The molecule has 1 aliphatic rings. The Morgan fingerprint density at radius 1 is 1.32 bits per heavy atom. The third kappa shape index (κ3) is 6.67. The molecule has 1 aliphatic heterocycles. The van der Waals surface area contributed by atoms with Crippen LogP contribution in [0.15, 0.2) is 0 Å². The lowest BCUT2D eigenvalue weighted by Gasteiger charge is -2.29. The lowest BCUT2D eigenvalue weighted by Crippen LogP contribution is -2.45. The fraction of sp³-hybridized carbons (Fsp3) is 1.00. The molecule has 0 aromatic carbocycles. The summed E-state index contributed by atoms with van der Waals surface area (Å²) in [6.45, 7) is 5.42. The van der Waals surface area contributed by atoms with Crippen molar-refractivity contribution >= 4 is 10.2 Å². The number of methoxy groups -OCH3 is 1. The van der Waals surface area contributed by atoms with E-state index in [2.05, 4.69) is 11.6 Å². The molecule has 1 saturated heterocycles. The van der Waals surface area contributed by atoms with Crippen molar-refractivity contribution in [2.24, 2.45) is 5.92 Å². The Hall–Kier alpha value is -0.210. The second-order valence-electron chi connectivity index (χ2n) is 4.96. The Morgan fingerprint density at radius 3 is 2.79 bits per heavy atom. The summed E-state index contributed by atoms with van der Waals surface area (Å²) in [6.07, 6.45) is 2.73. The summed E-state index contributed by atoms with van der Waals surface area (Å²) in [5.74, 6) is 0.447. The minimum absolute atomic E-state index is 0.417. The van der Waals surface area contributed by atoms with E-state index in [0.29, 0.717) is 51.8 Å². The minimum atomic E-state index is -3.31. The monoisotopic (exact) mass is 294 g/mol. The molecule has 1 atom stereocenters. The average Bonchev–Trinajstić information content (AvgIpc) is 2.38. The molecule has 0 aromatic rings. The quantitative estimate of drug-likeness (QED) is 0.633. The highest BCUT2D eigenvalue weighted by Gasteiger charge is 2.26. The predicted octanol–water partition coefficient (Wildman–Crippen LogP) is 0.606. The molecule has 0 radical (unpaired) electrons. The maximum absolute atomic E-state index is 12.0. The summed E-state index contributed by atoms with van der Waals surface area (Å²) < 4.78 is 38.3. The summed E-state index contributed by atoms with van der Waals surface area (Å²) >= 11 is 0. The van der Waals surface area contributed by atoms with Gasteiger partial charge >= 0.3 is 0 Å². The molecule has 0 bridgehead atoms. The molecule has 1 rings (SSSR count). The van der Waals surface area contributed by atoms with Gasteiger partial charge in [-0.05, 0) is 25.2 Å². The first-order chi connectivity index (χ1) is 9.06. The van der Waals surface area contributed by atoms with Crippen LogP contribution in [0.2, 0.25) is 0 Å². The van der Waals surface area contributed by atoms with E-state index in [1.165, 1.54) is 0 Å². The standard InChI is InChI=1S/C12H26N2O4S/c1-12-5-3-7-14(11-12)19(15,16)13-6-4-8-18-10-9-17-2/h12-13H,3-11H2,1-2H3. The van der Waals surface area contributed by atoms with Crippen LogP contribution < -0.4 is 4.72 Å². The topological polar surface area (TPSA) is 67.9 Å². The van der Waals surface area contributed by atoms with Gasteiger partial charge < -0.3 is 9.47 Å². The van der Waals surface area contributed by atoms with E-state index >= 15 is 0 Å². The van der Waals surface area contributed by atoms with E-state index < -0.39 is 10.2 Å². The second-order valence-corrected chi connectivity index (χ2v) is 6.72. The van der Waals surface area contributed by atoms with E-state index in [1.807, 2.05) is 0 Å². The van der Waals surface area contributed by atoms with Crippen molar-refractivity contribution in [3.05, 3.63) is 0 Å². The van der Waals surface area contributed by atoms with Crippen molar-refractivity contribution in [2.45, 2.75) is 26.2 Å². The smallest absolute Gasteiger partial charge is 0.279 e. The minimum Gasteiger partial charge on any atom is -0.382 e. The van der Waals surface area contributed by atoms with Gasteiger partial charge in [-0.25, -0.2) is 4.72 Å². The van der Waals surface area contributed by atoms with Crippen LogP contribution in [0, 0.1) is 5.92 Å². The van der Waals surface area contributed by atoms with Gasteiger partial charge in [-0.15, -0.1) is 0 Å². The van der Waals surface area contributed by atoms with Crippen LogP contribution in [-0.4, -0.2) is 59.3 Å². The van der Waals surface area contributed by atoms with Crippen LogP contribution >= 0.6 is 0 Å². The molecule has 0 saturated carbocycles. The third-order valence-corrected chi connectivity index (χ3v) is 4.72. The fourth-order valence-electron chi connectivity index (χ4n) is 2.08. The number of ether oxygens (including phenoxy) is 2. The zero-order chi connectivity index (χ0) is 14.1. The molecule has 1 fully saturated rings. The van der Waals surface area contributed by atoms with Gasteiger partial charge in [0.05, 0.1) is 13.2 Å². The Balaban J connectivity index is 2.16. The first-order valence-electron chi connectivity index (χ1n) is 6.87. The highest BCUT2D eigenvalue weighted by molar-refractivity contribution is 7.87. The summed E-state index contributed by atoms with van der Waals surface area (Å²) in [6, 6.07) is 0. The molecule has 6 nitrogen and oxygen atoms in total. The molecule has 0 aliphatic carbocycles. The molecule has 7 heteroatoms. The second kappa shape index (κ2) is 8.86. The van der Waals surface area contributed by atoms with Gasteiger partial charge in [0.2, 0.25) is 0 Å². The van der Waals surface area contributed by atoms with Gasteiger partial charge in [-0.2, -0.15) is 12.7 Å². The van der Waals surface area contributed by atoms with Crippen molar-refractivity contribution in [1.82, 2.24) is 9.03 Å². The van der Waals surface area contributed by atoms with Crippen LogP contribution in [-0.2, 0) is 19.7 Å². The van der Waals surface area contributed by atoms with Crippen molar-refractivity contribution in [2.75, 3.05) is 46.6 Å². The van der Waals surface area contributed by atoms with Gasteiger partial charge in [0.1, 0.15) is 0 Å². The summed E-state index contributed by atoms with van der Waals surface area (Å²) in [5, 5.41) is 0. The van der Waals surface area contributed by atoms with E-state index in [1.54, 1.807) is 11.4 Å². The lowest BCUT2D eigenvalue weighted by atomic mass is 10.0. The van der Waals surface area contributed by atoms with Crippen LogP contribution in [0.5, 0.6) is 0 Å². The van der Waals surface area contributed by atoms with Gasteiger partial charge in [-0.1, -0.05) is 6.92 Å².